The molecule has 3 aromatic heterocycles. The van der Waals surface area contributed by atoms with Gasteiger partial charge in [0.15, 0.2) is 0 Å². The third-order valence-corrected chi connectivity index (χ3v) is 4.80. The summed E-state index contributed by atoms with van der Waals surface area (Å²) in [6.07, 6.45) is 1.72. The molecule has 0 aromatic carbocycles. The molecule has 3 aromatic rings. The van der Waals surface area contributed by atoms with E-state index in [9.17, 15) is 4.21 Å². The van der Waals surface area contributed by atoms with Crippen LogP contribution in [0.3, 0.4) is 0 Å². The van der Waals surface area contributed by atoms with Crippen LogP contribution >= 0.6 is 0 Å². The van der Waals surface area contributed by atoms with Crippen molar-refractivity contribution in [3.63, 3.8) is 0 Å². The van der Waals surface area contributed by atoms with Crippen LogP contribution in [0.5, 0.6) is 11.6 Å². The summed E-state index contributed by atoms with van der Waals surface area (Å²) in [5.41, 5.74) is 3.53. The number of nitrogens with zero attached hydrogens (tertiary/aromatic N) is 4. The molecule has 0 fully saturated rings. The molecule has 0 aliphatic rings. The van der Waals surface area contributed by atoms with Gasteiger partial charge in [-0.15, -0.1) is 0 Å². The zero-order chi connectivity index (χ0) is 17.3. The maximum absolute atomic E-state index is 12.6. The van der Waals surface area contributed by atoms with Crippen molar-refractivity contribution in [2.75, 3.05) is 14.2 Å². The molecule has 142 valence electrons. The van der Waals surface area contributed by atoms with Gasteiger partial charge in [0.05, 0.1) is 41.6 Å². The molecule has 0 amide bonds. The topological polar surface area (TPSA) is 151 Å². The Morgan fingerprint density at radius 2 is 1.81 bits per heavy atom. The summed E-state index contributed by atoms with van der Waals surface area (Å²) in [4.78, 5) is 17.1. The second-order valence-corrected chi connectivity index (χ2v) is 6.58. The number of pyridine rings is 2. The molecule has 0 bridgehead atoms. The molecule has 0 spiro atoms. The van der Waals surface area contributed by atoms with Gasteiger partial charge in [0.25, 0.3) is 0 Å². The first kappa shape index (κ1) is 26.1. The van der Waals surface area contributed by atoms with E-state index in [4.69, 9.17) is 9.47 Å². The first-order valence-corrected chi connectivity index (χ1v) is 8.58. The smallest absolute Gasteiger partial charge is 0.496 e. The van der Waals surface area contributed by atoms with Crippen molar-refractivity contribution in [1.29, 1.82) is 0 Å². The van der Waals surface area contributed by atoms with Crippen molar-refractivity contribution in [1.82, 2.24) is 19.9 Å². The minimum Gasteiger partial charge on any atom is -0.496 e. The molecule has 11 heteroatoms. The van der Waals surface area contributed by atoms with E-state index in [2.05, 4.69) is 19.9 Å². The SMILES string of the molecule is COc1ccc2nc(S(=O)Cc3ncc(C)c(OC)c3C)[n-]c2n1.O.O.[K+]. The molecular weight excluding hydrogens is 399 g/mol. The van der Waals surface area contributed by atoms with Crippen LogP contribution < -0.4 is 65.8 Å². The number of rotatable bonds is 5. The molecule has 3 heterocycles. The molecule has 1 unspecified atom stereocenters. The predicted molar refractivity (Wildman–Crippen MR) is 97.0 cm³/mol. The molecule has 4 N–H and O–H groups in total. The fourth-order valence-electron chi connectivity index (χ4n) is 2.43. The van der Waals surface area contributed by atoms with E-state index in [0.29, 0.717) is 22.7 Å². The Labute approximate surface area is 201 Å². The summed E-state index contributed by atoms with van der Waals surface area (Å²) in [5.74, 6) is 1.42. The molecule has 3 rings (SSSR count). The average Bonchev–Trinajstić information content (AvgIpc) is 3.01. The van der Waals surface area contributed by atoms with E-state index in [1.165, 1.54) is 7.11 Å². The van der Waals surface area contributed by atoms with E-state index < -0.39 is 10.8 Å². The van der Waals surface area contributed by atoms with Crippen molar-refractivity contribution in [2.24, 2.45) is 0 Å². The van der Waals surface area contributed by atoms with Crippen molar-refractivity contribution < 1.29 is 76.0 Å². The monoisotopic (exact) mass is 420 g/mol. The van der Waals surface area contributed by atoms with Crippen LogP contribution in [0.4, 0.5) is 0 Å². The van der Waals surface area contributed by atoms with Crippen LogP contribution in [0.15, 0.2) is 23.5 Å². The van der Waals surface area contributed by atoms with Crippen LogP contribution in [-0.4, -0.2) is 44.3 Å². The standard InChI is InChI=1S/C16H17N4O3S.K.2H2O/c1-9-7-17-12(10(2)14(9)23-4)8-24(21)16-18-11-5-6-13(22-3)19-15(11)20-16;;;/h5-7H,8H2,1-4H3;;2*1H2/q-1;+1;;. The molecular formula is C16H21KN4O5S. The first-order chi connectivity index (χ1) is 11.5. The summed E-state index contributed by atoms with van der Waals surface area (Å²) in [7, 11) is 1.72. The summed E-state index contributed by atoms with van der Waals surface area (Å²) < 4.78 is 23.1. The number of hydrogen-bond donors (Lipinski definition) is 0. The number of ether oxygens (including phenoxy) is 2. The van der Waals surface area contributed by atoms with Gasteiger partial charge in [0.1, 0.15) is 11.6 Å². The molecule has 0 aliphatic heterocycles. The molecule has 0 saturated carbocycles. The minimum atomic E-state index is -1.42. The van der Waals surface area contributed by atoms with E-state index in [1.54, 1.807) is 25.4 Å². The van der Waals surface area contributed by atoms with Crippen LogP contribution in [-0.2, 0) is 16.6 Å². The zero-order valence-corrected chi connectivity index (χ0v) is 19.8. The van der Waals surface area contributed by atoms with Gasteiger partial charge >= 0.3 is 51.4 Å². The number of hydrogen-bond acceptors (Lipinski definition) is 6. The van der Waals surface area contributed by atoms with Crippen molar-refractivity contribution in [2.45, 2.75) is 24.8 Å². The van der Waals surface area contributed by atoms with Crippen LogP contribution in [0, 0.1) is 13.8 Å². The van der Waals surface area contributed by atoms with Gasteiger partial charge < -0.3 is 35.4 Å². The summed E-state index contributed by atoms with van der Waals surface area (Å²) >= 11 is 0. The van der Waals surface area contributed by atoms with Crippen molar-refractivity contribution in [3.05, 3.63) is 35.2 Å². The maximum Gasteiger partial charge on any atom is 1.00 e. The molecule has 1 atom stereocenters. The zero-order valence-electron chi connectivity index (χ0n) is 15.9. The Morgan fingerprint density at radius 1 is 1.11 bits per heavy atom. The van der Waals surface area contributed by atoms with Crippen molar-refractivity contribution >= 4 is 22.0 Å². The normalized spacial score (nSPS) is 11.0. The van der Waals surface area contributed by atoms with E-state index in [1.807, 2.05) is 13.8 Å². The Morgan fingerprint density at radius 3 is 2.44 bits per heavy atom. The summed E-state index contributed by atoms with van der Waals surface area (Å²) in [6, 6.07) is 3.44. The molecule has 27 heavy (non-hydrogen) atoms. The van der Waals surface area contributed by atoms with Gasteiger partial charge in [0.2, 0.25) is 0 Å². The van der Waals surface area contributed by atoms with Crippen LogP contribution in [0.1, 0.15) is 16.8 Å². The summed E-state index contributed by atoms with van der Waals surface area (Å²) in [5, 5.41) is 0.242. The van der Waals surface area contributed by atoms with E-state index in [0.717, 1.165) is 16.9 Å². The Hall–Kier alpha value is -0.924. The van der Waals surface area contributed by atoms with Crippen LogP contribution in [0.2, 0.25) is 0 Å². The fourth-order valence-corrected chi connectivity index (χ4v) is 3.49. The van der Waals surface area contributed by atoms with Gasteiger partial charge in [-0.1, -0.05) is 0 Å². The van der Waals surface area contributed by atoms with Crippen LogP contribution in [0.25, 0.3) is 11.2 Å². The number of aromatic nitrogens is 4. The molecule has 0 saturated heterocycles. The third kappa shape index (κ3) is 5.54. The molecule has 9 nitrogen and oxygen atoms in total. The minimum absolute atomic E-state index is 0. The Kier molecular flexibility index (Phi) is 10.8. The molecule has 0 aliphatic carbocycles. The Balaban J connectivity index is 0.00000225. The van der Waals surface area contributed by atoms with Gasteiger partial charge in [-0.25, -0.2) is 0 Å². The maximum atomic E-state index is 12.6. The largest absolute Gasteiger partial charge is 1.00 e. The summed E-state index contributed by atoms with van der Waals surface area (Å²) in [6.45, 7) is 3.83. The second kappa shape index (κ2) is 11.2. The first-order valence-electron chi connectivity index (χ1n) is 7.26. The van der Waals surface area contributed by atoms with Crippen molar-refractivity contribution in [3.8, 4) is 11.6 Å². The number of aryl methyl sites for hydroxylation is 1. The quantitative estimate of drug-likeness (QED) is 0.407. The predicted octanol–water partition coefficient (Wildman–Crippen LogP) is -2.72. The van der Waals surface area contributed by atoms with Gasteiger partial charge in [-0.2, -0.15) is 0 Å². The third-order valence-electron chi connectivity index (χ3n) is 3.68. The number of imidazole rings is 1. The van der Waals surface area contributed by atoms with E-state index >= 15 is 0 Å². The van der Waals surface area contributed by atoms with E-state index in [-0.39, 0.29) is 73.2 Å². The average molecular weight is 421 g/mol. The van der Waals surface area contributed by atoms with Gasteiger partial charge in [0, 0.05) is 28.5 Å². The fraction of sp³-hybridized carbons (Fsp3) is 0.312. The number of fused-ring (bicyclic) bond motifs is 1. The number of methoxy groups -OCH3 is 2. The van der Waals surface area contributed by atoms with Gasteiger partial charge in [-0.3, -0.25) is 9.19 Å². The van der Waals surface area contributed by atoms with Gasteiger partial charge in [-0.05, 0) is 26.0 Å². The second-order valence-electron chi connectivity index (χ2n) is 5.24. The molecule has 0 radical (unpaired) electrons. The Bertz CT molecular complexity index is 935.